The summed E-state index contributed by atoms with van der Waals surface area (Å²) >= 11 is 0. The molecule has 0 saturated carbocycles. The summed E-state index contributed by atoms with van der Waals surface area (Å²) in [5, 5.41) is 2.87. The van der Waals surface area contributed by atoms with E-state index in [1.54, 1.807) is 18.2 Å². The van der Waals surface area contributed by atoms with Gasteiger partial charge in [-0.25, -0.2) is 0 Å². The highest BCUT2D eigenvalue weighted by Gasteiger charge is 2.23. The number of amides is 1. The maximum absolute atomic E-state index is 12.0. The summed E-state index contributed by atoms with van der Waals surface area (Å²) in [6.07, 6.45) is 2.76. The average molecular weight is 260 g/mol. The summed E-state index contributed by atoms with van der Waals surface area (Å²) in [6.45, 7) is 2.59. The van der Waals surface area contributed by atoms with Crippen LogP contribution in [-0.2, 0) is 4.79 Å². The largest absolute Gasteiger partial charge is 0.326 e. The van der Waals surface area contributed by atoms with Crippen LogP contribution in [0.3, 0.4) is 0 Å². The average Bonchev–Trinajstić information content (AvgIpc) is 2.75. The molecule has 1 unspecified atom stereocenters. The van der Waals surface area contributed by atoms with E-state index in [2.05, 4.69) is 17.3 Å². The number of nitrogens with zero attached hydrogens (tertiary/aromatic N) is 1. The van der Waals surface area contributed by atoms with Crippen LogP contribution in [0.5, 0.6) is 0 Å². The van der Waals surface area contributed by atoms with Gasteiger partial charge in [-0.2, -0.15) is 0 Å². The maximum atomic E-state index is 12.0. The number of rotatable bonds is 4. The number of hydrogen-bond acceptors (Lipinski definition) is 3. The second-order valence-corrected chi connectivity index (χ2v) is 5.17. The standard InChI is InChI=1S/C15H20N2O2/c1-11(18)12-5-3-6-13(9-12)16-15(19)10-14-7-4-8-17(14)2/h3,5-6,9,14H,4,7-8,10H2,1-2H3,(H,16,19). The summed E-state index contributed by atoms with van der Waals surface area (Å²) < 4.78 is 0. The molecule has 1 aliphatic rings. The minimum atomic E-state index is 0.00613. The van der Waals surface area contributed by atoms with Crippen molar-refractivity contribution in [3.8, 4) is 0 Å². The van der Waals surface area contributed by atoms with Gasteiger partial charge in [-0.15, -0.1) is 0 Å². The first kappa shape index (κ1) is 13.7. The van der Waals surface area contributed by atoms with Crippen molar-refractivity contribution in [3.63, 3.8) is 0 Å². The van der Waals surface area contributed by atoms with Gasteiger partial charge >= 0.3 is 0 Å². The van der Waals surface area contributed by atoms with E-state index in [9.17, 15) is 9.59 Å². The Kier molecular flexibility index (Phi) is 4.32. The zero-order valence-corrected chi connectivity index (χ0v) is 11.5. The Morgan fingerprint density at radius 2 is 2.21 bits per heavy atom. The van der Waals surface area contributed by atoms with Gasteiger partial charge < -0.3 is 10.2 Å². The van der Waals surface area contributed by atoms with E-state index in [1.807, 2.05) is 6.07 Å². The van der Waals surface area contributed by atoms with Crippen LogP contribution in [0.2, 0.25) is 0 Å². The Bertz CT molecular complexity index is 485. The van der Waals surface area contributed by atoms with Crippen LogP contribution in [0, 0.1) is 0 Å². The van der Waals surface area contributed by atoms with Gasteiger partial charge in [0, 0.05) is 23.7 Å². The normalized spacial score (nSPS) is 19.4. The van der Waals surface area contributed by atoms with Crippen LogP contribution in [-0.4, -0.2) is 36.2 Å². The number of carbonyl (C=O) groups is 2. The summed E-state index contributed by atoms with van der Waals surface area (Å²) in [6, 6.07) is 7.41. The van der Waals surface area contributed by atoms with Crippen LogP contribution in [0.1, 0.15) is 36.5 Å². The van der Waals surface area contributed by atoms with Gasteiger partial charge in [-0.1, -0.05) is 12.1 Å². The number of ketones is 1. The lowest BCUT2D eigenvalue weighted by atomic mass is 10.1. The van der Waals surface area contributed by atoms with Gasteiger partial charge in [-0.05, 0) is 45.5 Å². The van der Waals surface area contributed by atoms with E-state index in [0.29, 0.717) is 23.7 Å². The van der Waals surface area contributed by atoms with Gasteiger partial charge in [0.1, 0.15) is 0 Å². The first-order valence-electron chi connectivity index (χ1n) is 6.67. The van der Waals surface area contributed by atoms with Crippen molar-refractivity contribution < 1.29 is 9.59 Å². The highest BCUT2D eigenvalue weighted by molar-refractivity contribution is 5.97. The van der Waals surface area contributed by atoms with Gasteiger partial charge in [0.05, 0.1) is 0 Å². The third kappa shape index (κ3) is 3.64. The Morgan fingerprint density at radius 1 is 1.42 bits per heavy atom. The van der Waals surface area contributed by atoms with E-state index in [0.717, 1.165) is 19.4 Å². The second kappa shape index (κ2) is 5.97. The molecule has 2 rings (SSSR count). The number of likely N-dealkylation sites (tertiary alicyclic amines) is 1. The highest BCUT2D eigenvalue weighted by atomic mass is 16.1. The molecule has 1 amide bonds. The van der Waals surface area contributed by atoms with Crippen molar-refractivity contribution in [2.45, 2.75) is 32.2 Å². The zero-order chi connectivity index (χ0) is 13.8. The van der Waals surface area contributed by atoms with Crippen LogP contribution in [0.4, 0.5) is 5.69 Å². The number of hydrogen-bond donors (Lipinski definition) is 1. The van der Waals surface area contributed by atoms with Gasteiger partial charge in [0.2, 0.25) is 5.91 Å². The van der Waals surface area contributed by atoms with Crippen LogP contribution >= 0.6 is 0 Å². The predicted octanol–water partition coefficient (Wildman–Crippen LogP) is 2.31. The predicted molar refractivity (Wildman–Crippen MR) is 75.3 cm³/mol. The Labute approximate surface area is 113 Å². The zero-order valence-electron chi connectivity index (χ0n) is 11.5. The number of carbonyl (C=O) groups excluding carboxylic acids is 2. The third-order valence-electron chi connectivity index (χ3n) is 3.65. The quantitative estimate of drug-likeness (QED) is 0.845. The smallest absolute Gasteiger partial charge is 0.225 e. The minimum Gasteiger partial charge on any atom is -0.326 e. The molecule has 1 atom stereocenters. The molecule has 4 nitrogen and oxygen atoms in total. The summed E-state index contributed by atoms with van der Waals surface area (Å²) in [7, 11) is 2.06. The molecule has 102 valence electrons. The van der Waals surface area contributed by atoms with Crippen LogP contribution in [0.25, 0.3) is 0 Å². The number of nitrogens with one attached hydrogen (secondary N) is 1. The highest BCUT2D eigenvalue weighted by Crippen LogP contribution is 2.19. The Hall–Kier alpha value is -1.68. The van der Waals surface area contributed by atoms with E-state index in [1.165, 1.54) is 6.92 Å². The molecule has 1 N–H and O–H groups in total. The molecule has 0 bridgehead atoms. The lowest BCUT2D eigenvalue weighted by molar-refractivity contribution is -0.117. The van der Waals surface area contributed by atoms with Crippen molar-refractivity contribution in [1.82, 2.24) is 4.90 Å². The molecule has 0 spiro atoms. The molecule has 1 saturated heterocycles. The van der Waals surface area contributed by atoms with Gasteiger partial charge in [-0.3, -0.25) is 9.59 Å². The molecule has 0 aromatic heterocycles. The molecule has 0 radical (unpaired) electrons. The summed E-state index contributed by atoms with van der Waals surface area (Å²) in [5.41, 5.74) is 1.31. The molecule has 0 aliphatic carbocycles. The van der Waals surface area contributed by atoms with Crippen LogP contribution < -0.4 is 5.32 Å². The van der Waals surface area contributed by atoms with E-state index >= 15 is 0 Å². The fourth-order valence-electron chi connectivity index (χ4n) is 2.48. The number of Topliss-reactive ketones (excluding diaryl/α,β-unsaturated/α-hetero) is 1. The van der Waals surface area contributed by atoms with E-state index < -0.39 is 0 Å². The Balaban J connectivity index is 1.95. The minimum absolute atomic E-state index is 0.00613. The summed E-state index contributed by atoms with van der Waals surface area (Å²) in [5.74, 6) is 0.0195. The number of anilines is 1. The number of benzene rings is 1. The van der Waals surface area contributed by atoms with Crippen molar-refractivity contribution in [3.05, 3.63) is 29.8 Å². The Morgan fingerprint density at radius 3 is 2.84 bits per heavy atom. The lowest BCUT2D eigenvalue weighted by Crippen LogP contribution is -2.29. The van der Waals surface area contributed by atoms with E-state index in [-0.39, 0.29) is 11.7 Å². The fourth-order valence-corrected chi connectivity index (χ4v) is 2.48. The molecule has 1 fully saturated rings. The van der Waals surface area contributed by atoms with Gasteiger partial charge in [0.25, 0.3) is 0 Å². The van der Waals surface area contributed by atoms with Crippen molar-refractivity contribution >= 4 is 17.4 Å². The second-order valence-electron chi connectivity index (χ2n) is 5.17. The monoisotopic (exact) mass is 260 g/mol. The molecule has 1 heterocycles. The third-order valence-corrected chi connectivity index (χ3v) is 3.65. The molecule has 1 aromatic carbocycles. The molecule has 1 aromatic rings. The van der Waals surface area contributed by atoms with Crippen molar-refractivity contribution in [1.29, 1.82) is 0 Å². The summed E-state index contributed by atoms with van der Waals surface area (Å²) in [4.78, 5) is 25.5. The molecular weight excluding hydrogens is 240 g/mol. The first-order valence-corrected chi connectivity index (χ1v) is 6.67. The van der Waals surface area contributed by atoms with Crippen molar-refractivity contribution in [2.24, 2.45) is 0 Å². The van der Waals surface area contributed by atoms with Gasteiger partial charge in [0.15, 0.2) is 5.78 Å². The topological polar surface area (TPSA) is 49.4 Å². The lowest BCUT2D eigenvalue weighted by Gasteiger charge is -2.18. The first-order chi connectivity index (χ1) is 9.06. The van der Waals surface area contributed by atoms with E-state index in [4.69, 9.17) is 0 Å². The fraction of sp³-hybridized carbons (Fsp3) is 0.467. The SMILES string of the molecule is CC(=O)c1cccc(NC(=O)CC2CCCN2C)c1. The molecule has 1 aliphatic heterocycles. The van der Waals surface area contributed by atoms with Crippen molar-refractivity contribution in [2.75, 3.05) is 18.9 Å². The molecule has 19 heavy (non-hydrogen) atoms. The maximum Gasteiger partial charge on any atom is 0.225 e. The molecular formula is C15H20N2O2. The molecule has 4 heteroatoms. The van der Waals surface area contributed by atoms with Crippen LogP contribution in [0.15, 0.2) is 24.3 Å².